The molecule has 2 rings (SSSR count). The predicted molar refractivity (Wildman–Crippen MR) is 99.8 cm³/mol. The lowest BCUT2D eigenvalue weighted by molar-refractivity contribution is -0.123. The van der Waals surface area contributed by atoms with Gasteiger partial charge in [0.1, 0.15) is 0 Å². The third-order valence-corrected chi connectivity index (χ3v) is 4.64. The quantitative estimate of drug-likeness (QED) is 0.719. The fraction of sp³-hybridized carbons (Fsp3) is 0.650. The summed E-state index contributed by atoms with van der Waals surface area (Å²) in [5, 5.41) is 3.01. The zero-order valence-electron chi connectivity index (χ0n) is 16.3. The van der Waals surface area contributed by atoms with Gasteiger partial charge in [-0.15, -0.1) is 0 Å². The number of hydrogen-bond acceptors (Lipinski definition) is 4. The molecule has 0 aliphatic carbocycles. The maximum absolute atomic E-state index is 13.4. The molecule has 0 unspecified atom stereocenters. The summed E-state index contributed by atoms with van der Waals surface area (Å²) in [6, 6.07) is 6.29. The van der Waals surface area contributed by atoms with Crippen molar-refractivity contribution in [3.05, 3.63) is 30.1 Å². The van der Waals surface area contributed by atoms with Crippen molar-refractivity contribution in [2.45, 2.75) is 58.3 Å². The predicted octanol–water partition coefficient (Wildman–Crippen LogP) is 2.99. The molecule has 1 N–H and O–H groups in total. The largest absolute Gasteiger partial charge is 0.491 e. The molecule has 0 aromatic heterocycles. The van der Waals surface area contributed by atoms with E-state index < -0.39 is 0 Å². The minimum atomic E-state index is -0.382. The number of ether oxygens (including phenoxy) is 2. The molecule has 26 heavy (non-hydrogen) atoms. The molecular weight excluding hydrogens is 335 g/mol. The number of carbonyl (C=O) groups excluding carboxylic acids is 1. The van der Waals surface area contributed by atoms with E-state index in [0.29, 0.717) is 26.0 Å². The first-order valence-electron chi connectivity index (χ1n) is 9.32. The second-order valence-corrected chi connectivity index (χ2v) is 7.63. The summed E-state index contributed by atoms with van der Waals surface area (Å²) in [5.41, 5.74) is -0.133. The van der Waals surface area contributed by atoms with Crippen molar-refractivity contribution in [3.63, 3.8) is 0 Å². The number of nitrogens with one attached hydrogen (secondary N) is 1. The molecule has 1 aliphatic heterocycles. The third kappa shape index (κ3) is 6.25. The average molecular weight is 366 g/mol. The van der Waals surface area contributed by atoms with Gasteiger partial charge in [0.2, 0.25) is 5.91 Å². The van der Waals surface area contributed by atoms with Crippen molar-refractivity contribution in [3.8, 4) is 5.75 Å². The van der Waals surface area contributed by atoms with Crippen LogP contribution in [0.4, 0.5) is 4.39 Å². The van der Waals surface area contributed by atoms with E-state index in [2.05, 4.69) is 37.9 Å². The molecule has 1 saturated heterocycles. The molecule has 6 heteroatoms. The van der Waals surface area contributed by atoms with Gasteiger partial charge in [-0.05, 0) is 46.2 Å². The van der Waals surface area contributed by atoms with Crippen molar-refractivity contribution in [1.82, 2.24) is 10.2 Å². The first-order chi connectivity index (χ1) is 12.3. The topological polar surface area (TPSA) is 50.8 Å². The molecule has 5 nitrogen and oxygen atoms in total. The Labute approximate surface area is 155 Å². The third-order valence-electron chi connectivity index (χ3n) is 4.64. The molecule has 0 spiro atoms. The zero-order chi connectivity index (χ0) is 19.2. The van der Waals surface area contributed by atoms with Gasteiger partial charge in [0, 0.05) is 31.6 Å². The van der Waals surface area contributed by atoms with E-state index in [9.17, 15) is 9.18 Å². The number of nitrogens with zero attached hydrogens (tertiary/aromatic N) is 1. The molecular formula is C20H31FN2O3. The van der Waals surface area contributed by atoms with Crippen LogP contribution in [0, 0.1) is 5.82 Å². The second-order valence-electron chi connectivity index (χ2n) is 7.63. The standard InChI is InChI=1S/C20H31FN2O3/c1-15-12-23(13-16(2)26-15)20(3,4)14-22-19(24)10-7-11-25-18-9-6-5-8-17(18)21/h5-6,8-9,15-16H,7,10-14H2,1-4H3,(H,22,24)/t15-,16-/m0/s1. The lowest BCUT2D eigenvalue weighted by Gasteiger charge is -2.45. The highest BCUT2D eigenvalue weighted by Crippen LogP contribution is 2.20. The summed E-state index contributed by atoms with van der Waals surface area (Å²) in [6.07, 6.45) is 1.31. The summed E-state index contributed by atoms with van der Waals surface area (Å²) in [6.45, 7) is 11.1. The normalized spacial score (nSPS) is 21.4. The van der Waals surface area contributed by atoms with Crippen LogP contribution in [0.15, 0.2) is 24.3 Å². The van der Waals surface area contributed by atoms with Crippen LogP contribution in [-0.2, 0) is 9.53 Å². The Morgan fingerprint density at radius 3 is 2.62 bits per heavy atom. The Kier molecular flexibility index (Phi) is 7.41. The van der Waals surface area contributed by atoms with Crippen LogP contribution in [0.2, 0.25) is 0 Å². The van der Waals surface area contributed by atoms with Crippen molar-refractivity contribution >= 4 is 5.91 Å². The van der Waals surface area contributed by atoms with Gasteiger partial charge in [-0.3, -0.25) is 9.69 Å². The Bertz CT molecular complexity index is 584. The molecule has 1 aromatic rings. The smallest absolute Gasteiger partial charge is 0.220 e. The van der Waals surface area contributed by atoms with Crippen molar-refractivity contribution in [2.75, 3.05) is 26.2 Å². The van der Waals surface area contributed by atoms with E-state index in [1.807, 2.05) is 0 Å². The van der Waals surface area contributed by atoms with Gasteiger partial charge in [0.15, 0.2) is 11.6 Å². The molecule has 1 aromatic carbocycles. The van der Waals surface area contributed by atoms with E-state index in [-0.39, 0.29) is 35.2 Å². The first kappa shape index (κ1) is 20.6. The fourth-order valence-electron chi connectivity index (χ4n) is 3.16. The molecule has 0 saturated carbocycles. The SMILES string of the molecule is C[C@H]1CN(C(C)(C)CNC(=O)CCCOc2ccccc2F)C[C@H](C)O1. The number of morpholine rings is 1. The lowest BCUT2D eigenvalue weighted by atomic mass is 10.00. The van der Waals surface area contributed by atoms with E-state index in [1.54, 1.807) is 18.2 Å². The molecule has 2 atom stereocenters. The van der Waals surface area contributed by atoms with E-state index in [4.69, 9.17) is 9.47 Å². The van der Waals surface area contributed by atoms with Crippen molar-refractivity contribution in [2.24, 2.45) is 0 Å². The Morgan fingerprint density at radius 1 is 1.31 bits per heavy atom. The summed E-state index contributed by atoms with van der Waals surface area (Å²) < 4.78 is 24.6. The van der Waals surface area contributed by atoms with Crippen molar-refractivity contribution < 1.29 is 18.7 Å². The number of amides is 1. The number of para-hydroxylation sites is 1. The fourth-order valence-corrected chi connectivity index (χ4v) is 3.16. The second kappa shape index (κ2) is 9.33. The van der Waals surface area contributed by atoms with Crippen LogP contribution in [0.5, 0.6) is 5.75 Å². The lowest BCUT2D eigenvalue weighted by Crippen LogP contribution is -2.58. The zero-order valence-corrected chi connectivity index (χ0v) is 16.3. The first-order valence-corrected chi connectivity index (χ1v) is 9.32. The molecule has 1 aliphatic rings. The van der Waals surface area contributed by atoms with E-state index in [1.165, 1.54) is 6.07 Å². The van der Waals surface area contributed by atoms with Gasteiger partial charge in [0.25, 0.3) is 0 Å². The highest BCUT2D eigenvalue weighted by molar-refractivity contribution is 5.75. The number of benzene rings is 1. The van der Waals surface area contributed by atoms with Gasteiger partial charge in [-0.2, -0.15) is 0 Å². The number of rotatable bonds is 8. The van der Waals surface area contributed by atoms with E-state index >= 15 is 0 Å². The van der Waals surface area contributed by atoms with Crippen LogP contribution in [0.3, 0.4) is 0 Å². The summed E-state index contributed by atoms with van der Waals surface area (Å²) in [5.74, 6) is -0.165. The highest BCUT2D eigenvalue weighted by atomic mass is 19.1. The number of halogens is 1. The molecule has 0 radical (unpaired) electrons. The molecule has 1 fully saturated rings. The average Bonchev–Trinajstić information content (AvgIpc) is 2.57. The minimum absolute atomic E-state index is 0.00966. The highest BCUT2D eigenvalue weighted by Gasteiger charge is 2.33. The summed E-state index contributed by atoms with van der Waals surface area (Å²) in [4.78, 5) is 14.5. The van der Waals surface area contributed by atoms with Crippen LogP contribution in [0.1, 0.15) is 40.5 Å². The molecule has 1 amide bonds. The van der Waals surface area contributed by atoms with E-state index in [0.717, 1.165) is 13.1 Å². The molecule has 0 bridgehead atoms. The van der Waals surface area contributed by atoms with Gasteiger partial charge in [0.05, 0.1) is 18.8 Å². The maximum Gasteiger partial charge on any atom is 0.220 e. The van der Waals surface area contributed by atoms with Crippen LogP contribution in [-0.4, -0.2) is 54.8 Å². The number of carbonyl (C=O) groups is 1. The van der Waals surface area contributed by atoms with Crippen LogP contribution < -0.4 is 10.1 Å². The Balaban J connectivity index is 1.68. The van der Waals surface area contributed by atoms with Crippen LogP contribution >= 0.6 is 0 Å². The maximum atomic E-state index is 13.4. The Hall–Kier alpha value is -1.66. The van der Waals surface area contributed by atoms with Gasteiger partial charge < -0.3 is 14.8 Å². The van der Waals surface area contributed by atoms with Crippen LogP contribution in [0.25, 0.3) is 0 Å². The van der Waals surface area contributed by atoms with Gasteiger partial charge in [-0.1, -0.05) is 12.1 Å². The Morgan fingerprint density at radius 2 is 1.96 bits per heavy atom. The van der Waals surface area contributed by atoms with Gasteiger partial charge >= 0.3 is 0 Å². The summed E-state index contributed by atoms with van der Waals surface area (Å²) in [7, 11) is 0. The molecule has 146 valence electrons. The minimum Gasteiger partial charge on any atom is -0.491 e. The van der Waals surface area contributed by atoms with Gasteiger partial charge in [-0.25, -0.2) is 4.39 Å². The monoisotopic (exact) mass is 366 g/mol. The number of hydrogen-bond donors (Lipinski definition) is 1. The molecule has 1 heterocycles. The summed E-state index contributed by atoms with van der Waals surface area (Å²) >= 11 is 0. The van der Waals surface area contributed by atoms with Crippen molar-refractivity contribution in [1.29, 1.82) is 0 Å².